The Hall–Kier alpha value is -1.39. The zero-order chi connectivity index (χ0) is 12.5. The van der Waals surface area contributed by atoms with Crippen LogP contribution in [0.4, 0.5) is 5.69 Å². The molecule has 3 rings (SSSR count). The molecule has 18 heavy (non-hydrogen) atoms. The fourth-order valence-corrected chi connectivity index (χ4v) is 2.97. The highest BCUT2D eigenvalue weighted by Gasteiger charge is 2.34. The predicted octanol–water partition coefficient (Wildman–Crippen LogP) is 0.657. The van der Waals surface area contributed by atoms with Gasteiger partial charge >= 0.3 is 0 Å². The second-order valence-corrected chi connectivity index (χ2v) is 5.08. The molecule has 0 aromatic heterocycles. The molecule has 1 amide bonds. The van der Waals surface area contributed by atoms with Crippen LogP contribution in [-0.2, 0) is 17.8 Å². The van der Waals surface area contributed by atoms with E-state index in [2.05, 4.69) is 28.8 Å². The number of carbonyl (C=O) groups excluding carboxylic acids is 1. The minimum Gasteiger partial charge on any atom is -0.316 e. The first-order valence-electron chi connectivity index (χ1n) is 6.59. The van der Waals surface area contributed by atoms with E-state index >= 15 is 0 Å². The van der Waals surface area contributed by atoms with E-state index in [1.807, 2.05) is 11.9 Å². The summed E-state index contributed by atoms with van der Waals surface area (Å²) in [6.45, 7) is 2.79. The maximum absolute atomic E-state index is 12.2. The van der Waals surface area contributed by atoms with E-state index in [9.17, 15) is 4.79 Å². The summed E-state index contributed by atoms with van der Waals surface area (Å²) in [5, 5.41) is 6.47. The number of nitrogens with zero attached hydrogens (tertiary/aromatic N) is 1. The molecular formula is C14H19N3O. The molecule has 4 heteroatoms. The predicted molar refractivity (Wildman–Crippen MR) is 71.7 cm³/mol. The van der Waals surface area contributed by atoms with Gasteiger partial charge in [-0.2, -0.15) is 0 Å². The largest absolute Gasteiger partial charge is 0.316 e. The van der Waals surface area contributed by atoms with Crippen LogP contribution < -0.4 is 15.5 Å². The third-order valence-corrected chi connectivity index (χ3v) is 3.79. The van der Waals surface area contributed by atoms with Crippen LogP contribution in [0.1, 0.15) is 17.5 Å². The third kappa shape index (κ3) is 1.91. The van der Waals surface area contributed by atoms with Crippen molar-refractivity contribution in [1.82, 2.24) is 10.6 Å². The van der Waals surface area contributed by atoms with Crippen molar-refractivity contribution in [1.29, 1.82) is 0 Å². The highest BCUT2D eigenvalue weighted by Crippen LogP contribution is 2.32. The molecule has 4 nitrogen and oxygen atoms in total. The van der Waals surface area contributed by atoms with Gasteiger partial charge in [0.05, 0.1) is 12.5 Å². The van der Waals surface area contributed by atoms with E-state index in [4.69, 9.17) is 0 Å². The van der Waals surface area contributed by atoms with Crippen LogP contribution in [0.3, 0.4) is 0 Å². The van der Waals surface area contributed by atoms with Crippen LogP contribution in [0.15, 0.2) is 18.2 Å². The van der Waals surface area contributed by atoms with Crippen LogP contribution >= 0.6 is 0 Å². The molecule has 0 radical (unpaired) electrons. The Balaban J connectivity index is 1.90. The molecule has 2 N–H and O–H groups in total. The molecule has 0 saturated carbocycles. The average molecular weight is 245 g/mol. The molecular weight excluding hydrogens is 226 g/mol. The summed E-state index contributed by atoms with van der Waals surface area (Å²) in [7, 11) is 1.94. The molecule has 1 aromatic rings. The molecule has 1 fully saturated rings. The fraction of sp³-hybridized carbons (Fsp3) is 0.500. The summed E-state index contributed by atoms with van der Waals surface area (Å²) in [6.07, 6.45) is 1.62. The summed E-state index contributed by atoms with van der Waals surface area (Å²) < 4.78 is 0. The van der Waals surface area contributed by atoms with Crippen molar-refractivity contribution in [3.05, 3.63) is 29.3 Å². The second kappa shape index (κ2) is 4.71. The Kier molecular flexibility index (Phi) is 3.06. The lowest BCUT2D eigenvalue weighted by Gasteiger charge is -2.24. The summed E-state index contributed by atoms with van der Waals surface area (Å²) >= 11 is 0. The number of benzene rings is 1. The van der Waals surface area contributed by atoms with Gasteiger partial charge in [0.1, 0.15) is 0 Å². The van der Waals surface area contributed by atoms with Gasteiger partial charge in [-0.25, -0.2) is 0 Å². The highest BCUT2D eigenvalue weighted by atomic mass is 16.2. The van der Waals surface area contributed by atoms with Crippen LogP contribution in [0.25, 0.3) is 0 Å². The van der Waals surface area contributed by atoms with Gasteiger partial charge in [0.25, 0.3) is 0 Å². The minimum atomic E-state index is 0.250. The number of hydrogen-bond donors (Lipinski definition) is 2. The first-order chi connectivity index (χ1) is 8.79. The third-order valence-electron chi connectivity index (χ3n) is 3.79. The fourth-order valence-electron chi connectivity index (χ4n) is 2.97. The van der Waals surface area contributed by atoms with Crippen LogP contribution in [0, 0.1) is 0 Å². The minimum absolute atomic E-state index is 0.250. The molecule has 0 spiro atoms. The Labute approximate surface area is 107 Å². The van der Waals surface area contributed by atoms with Crippen molar-refractivity contribution in [2.75, 3.05) is 25.0 Å². The van der Waals surface area contributed by atoms with Crippen molar-refractivity contribution in [2.24, 2.45) is 0 Å². The molecule has 2 aliphatic heterocycles. The molecule has 1 aromatic carbocycles. The Morgan fingerprint density at radius 3 is 3.11 bits per heavy atom. The molecule has 1 saturated heterocycles. The maximum Gasteiger partial charge on any atom is 0.231 e. The van der Waals surface area contributed by atoms with E-state index in [-0.39, 0.29) is 5.91 Å². The van der Waals surface area contributed by atoms with E-state index in [0.29, 0.717) is 12.5 Å². The number of rotatable bonds is 3. The van der Waals surface area contributed by atoms with Gasteiger partial charge in [-0.1, -0.05) is 12.1 Å². The average Bonchev–Trinajstić information content (AvgIpc) is 2.95. The van der Waals surface area contributed by atoms with Gasteiger partial charge in [-0.05, 0) is 37.2 Å². The Morgan fingerprint density at radius 1 is 1.50 bits per heavy atom. The maximum atomic E-state index is 12.2. The van der Waals surface area contributed by atoms with Crippen molar-refractivity contribution in [3.8, 4) is 0 Å². The van der Waals surface area contributed by atoms with Crippen LogP contribution in [-0.4, -0.2) is 32.1 Å². The molecule has 96 valence electrons. The molecule has 0 aliphatic carbocycles. The lowest BCUT2D eigenvalue weighted by Crippen LogP contribution is -2.39. The number of fused-ring (bicyclic) bond motifs is 1. The number of anilines is 1. The van der Waals surface area contributed by atoms with Crippen molar-refractivity contribution in [3.63, 3.8) is 0 Å². The Bertz CT molecular complexity index is 466. The number of hydrogen-bond acceptors (Lipinski definition) is 3. The number of carbonyl (C=O) groups is 1. The molecule has 1 atom stereocenters. The van der Waals surface area contributed by atoms with Crippen LogP contribution in [0.5, 0.6) is 0 Å². The van der Waals surface area contributed by atoms with E-state index in [1.54, 1.807) is 0 Å². The smallest absolute Gasteiger partial charge is 0.231 e. The SMILES string of the molecule is CNCc1ccc2c(c1)CC(=O)N2C1CCNC1. The lowest BCUT2D eigenvalue weighted by molar-refractivity contribution is -0.117. The number of nitrogens with one attached hydrogen (secondary N) is 2. The monoisotopic (exact) mass is 245 g/mol. The number of amides is 1. The molecule has 1 unspecified atom stereocenters. The van der Waals surface area contributed by atoms with Gasteiger partial charge in [0.2, 0.25) is 5.91 Å². The van der Waals surface area contributed by atoms with Gasteiger partial charge < -0.3 is 15.5 Å². The molecule has 2 heterocycles. The summed E-state index contributed by atoms with van der Waals surface area (Å²) in [5.41, 5.74) is 3.55. The topological polar surface area (TPSA) is 44.4 Å². The van der Waals surface area contributed by atoms with Crippen molar-refractivity contribution < 1.29 is 4.79 Å². The van der Waals surface area contributed by atoms with Gasteiger partial charge in [0.15, 0.2) is 0 Å². The summed E-state index contributed by atoms with van der Waals surface area (Å²) in [5.74, 6) is 0.250. The first kappa shape index (κ1) is 11.7. The van der Waals surface area contributed by atoms with E-state index in [1.165, 1.54) is 11.1 Å². The van der Waals surface area contributed by atoms with E-state index in [0.717, 1.165) is 31.7 Å². The quantitative estimate of drug-likeness (QED) is 0.822. The van der Waals surface area contributed by atoms with Gasteiger partial charge in [0, 0.05) is 18.8 Å². The van der Waals surface area contributed by atoms with Crippen LogP contribution in [0.2, 0.25) is 0 Å². The zero-order valence-electron chi connectivity index (χ0n) is 10.7. The highest BCUT2D eigenvalue weighted by molar-refractivity contribution is 6.02. The lowest BCUT2D eigenvalue weighted by atomic mass is 10.1. The normalized spacial score (nSPS) is 22.6. The molecule has 0 bridgehead atoms. The van der Waals surface area contributed by atoms with E-state index < -0.39 is 0 Å². The first-order valence-corrected chi connectivity index (χ1v) is 6.59. The van der Waals surface area contributed by atoms with Crippen molar-refractivity contribution >= 4 is 11.6 Å². The summed E-state index contributed by atoms with van der Waals surface area (Å²) in [6, 6.07) is 6.72. The summed E-state index contributed by atoms with van der Waals surface area (Å²) in [4.78, 5) is 14.2. The zero-order valence-corrected chi connectivity index (χ0v) is 10.7. The van der Waals surface area contributed by atoms with Crippen molar-refractivity contribution in [2.45, 2.75) is 25.4 Å². The Morgan fingerprint density at radius 2 is 2.39 bits per heavy atom. The van der Waals surface area contributed by atoms with Gasteiger partial charge in [-0.3, -0.25) is 4.79 Å². The molecule has 2 aliphatic rings. The standard InChI is InChI=1S/C14H19N3O/c1-15-8-10-2-3-13-11(6-10)7-14(18)17(13)12-4-5-16-9-12/h2-3,6,12,15-16H,4-5,7-9H2,1H3. The second-order valence-electron chi connectivity index (χ2n) is 5.08. The van der Waals surface area contributed by atoms with Gasteiger partial charge in [-0.15, -0.1) is 0 Å².